The fourth-order valence-corrected chi connectivity index (χ4v) is 3.61. The number of nitrogens with zero attached hydrogens (tertiary/aromatic N) is 2. The van der Waals surface area contributed by atoms with Crippen molar-refractivity contribution < 1.29 is 18.3 Å². The number of aromatic hydroxyl groups is 1. The average Bonchev–Trinajstić information content (AvgIpc) is 2.50. The number of rotatable bonds is 6. The van der Waals surface area contributed by atoms with Crippen molar-refractivity contribution >= 4 is 45.5 Å². The molecule has 0 aliphatic carbocycles. The maximum atomic E-state index is 12.4. The van der Waals surface area contributed by atoms with Crippen LogP contribution in [0.2, 0.25) is 5.02 Å². The molecule has 24 heavy (non-hydrogen) atoms. The molecular weight excluding hydrogens is 377 g/mol. The van der Waals surface area contributed by atoms with Crippen LogP contribution >= 0.6 is 23.2 Å². The number of benzene rings is 1. The number of phenols is 1. The van der Waals surface area contributed by atoms with Gasteiger partial charge in [0.05, 0.1) is 0 Å². The number of sulfonamides is 1. The normalized spacial score (nSPS) is 11.8. The Morgan fingerprint density at radius 3 is 2.42 bits per heavy atom. The first-order valence-electron chi connectivity index (χ1n) is 6.83. The lowest BCUT2D eigenvalue weighted by Gasteiger charge is -2.17. The number of halogens is 2. The Morgan fingerprint density at radius 2 is 1.92 bits per heavy atom. The van der Waals surface area contributed by atoms with E-state index in [0.29, 0.717) is 5.56 Å². The molecule has 0 atom stereocenters. The van der Waals surface area contributed by atoms with Crippen molar-refractivity contribution in [1.82, 2.24) is 10.2 Å². The minimum Gasteiger partial charge on any atom is -0.506 e. The van der Waals surface area contributed by atoms with Crippen molar-refractivity contribution in [3.05, 3.63) is 21.7 Å². The highest BCUT2D eigenvalue weighted by Gasteiger charge is 2.27. The van der Waals surface area contributed by atoms with E-state index in [0.717, 1.165) is 6.34 Å². The zero-order chi connectivity index (χ0) is 18.7. The van der Waals surface area contributed by atoms with Gasteiger partial charge in [0, 0.05) is 31.2 Å². The fraction of sp³-hybridized carbons (Fsp3) is 0.429. The lowest BCUT2D eigenvalue weighted by atomic mass is 10.0. The second-order valence-electron chi connectivity index (χ2n) is 5.29. The van der Waals surface area contributed by atoms with Crippen LogP contribution < -0.4 is 5.32 Å². The van der Waals surface area contributed by atoms with Crippen LogP contribution in [-0.2, 0) is 21.4 Å². The molecule has 0 saturated heterocycles. The maximum absolute atomic E-state index is 12.4. The minimum atomic E-state index is -4.17. The van der Waals surface area contributed by atoms with E-state index in [1.165, 1.54) is 11.8 Å². The van der Waals surface area contributed by atoms with Gasteiger partial charge >= 0.3 is 0 Å². The number of phenolic OH excluding ortho intramolecular Hbond substituents is 1. The van der Waals surface area contributed by atoms with E-state index in [4.69, 9.17) is 23.2 Å². The summed E-state index contributed by atoms with van der Waals surface area (Å²) in [6.45, 7) is 2.99. The van der Waals surface area contributed by atoms with Gasteiger partial charge in [-0.05, 0) is 25.0 Å². The van der Waals surface area contributed by atoms with E-state index in [9.17, 15) is 18.3 Å². The summed E-state index contributed by atoms with van der Waals surface area (Å²) in [5, 5.41) is 13.1. The van der Waals surface area contributed by atoms with Crippen LogP contribution in [0.25, 0.3) is 0 Å². The van der Waals surface area contributed by atoms with Gasteiger partial charge in [-0.2, -0.15) is 8.42 Å². The van der Waals surface area contributed by atoms with E-state index in [2.05, 4.69) is 9.71 Å². The van der Waals surface area contributed by atoms with Crippen molar-refractivity contribution in [3.8, 4) is 5.75 Å². The number of hydrogen-bond donors (Lipinski definition) is 2. The first-order chi connectivity index (χ1) is 11.0. The SMILES string of the molecule is Cc1c(Cl)c(C)c(S(=O)(=O)N=CN(C)C)c(O)c1CNC(=O)CCl. The zero-order valence-corrected chi connectivity index (χ0v) is 16.1. The smallest absolute Gasteiger partial charge is 0.287 e. The third kappa shape index (κ3) is 4.52. The summed E-state index contributed by atoms with van der Waals surface area (Å²) in [6.07, 6.45) is 1.11. The summed E-state index contributed by atoms with van der Waals surface area (Å²) < 4.78 is 28.4. The summed E-state index contributed by atoms with van der Waals surface area (Å²) in [6, 6.07) is 0. The standard InChI is InChI=1S/C14H19Cl2N3O4S/c1-8-10(6-17-11(20)5-15)13(21)14(9(2)12(8)16)24(22,23)18-7-19(3)4/h7,21H,5-6H2,1-4H3,(H,17,20). The van der Waals surface area contributed by atoms with Gasteiger partial charge in [-0.25, -0.2) is 0 Å². The van der Waals surface area contributed by atoms with E-state index in [1.807, 2.05) is 0 Å². The van der Waals surface area contributed by atoms with Crippen LogP contribution in [0, 0.1) is 13.8 Å². The largest absolute Gasteiger partial charge is 0.506 e. The molecule has 7 nitrogen and oxygen atoms in total. The molecule has 0 fully saturated rings. The van der Waals surface area contributed by atoms with Crippen LogP contribution in [0.4, 0.5) is 0 Å². The van der Waals surface area contributed by atoms with Gasteiger partial charge in [0.2, 0.25) is 5.91 Å². The molecule has 0 bridgehead atoms. The maximum Gasteiger partial charge on any atom is 0.287 e. The summed E-state index contributed by atoms with van der Waals surface area (Å²) in [5.74, 6) is -1.19. The van der Waals surface area contributed by atoms with Gasteiger partial charge in [-0.3, -0.25) is 4.79 Å². The van der Waals surface area contributed by atoms with E-state index in [-0.39, 0.29) is 33.5 Å². The molecular formula is C14H19Cl2N3O4S. The second kappa shape index (κ2) is 8.04. The fourth-order valence-electron chi connectivity index (χ4n) is 1.98. The molecule has 0 heterocycles. The first kappa shape index (κ1) is 20.5. The Kier molecular flexibility index (Phi) is 6.88. The van der Waals surface area contributed by atoms with Crippen LogP contribution in [0.15, 0.2) is 9.29 Å². The number of carbonyl (C=O) groups excluding carboxylic acids is 1. The summed E-state index contributed by atoms with van der Waals surface area (Å²) in [5.41, 5.74) is 0.856. The molecule has 0 saturated carbocycles. The van der Waals surface area contributed by atoms with E-state index >= 15 is 0 Å². The Bertz CT molecular complexity index is 777. The summed E-state index contributed by atoms with van der Waals surface area (Å²) >= 11 is 11.6. The molecule has 0 spiro atoms. The number of hydrogen-bond acceptors (Lipinski definition) is 4. The Labute approximate surface area is 151 Å². The van der Waals surface area contributed by atoms with Crippen molar-refractivity contribution in [3.63, 3.8) is 0 Å². The lowest BCUT2D eigenvalue weighted by molar-refractivity contribution is -0.118. The van der Waals surface area contributed by atoms with Crippen LogP contribution in [-0.4, -0.2) is 50.6 Å². The topological polar surface area (TPSA) is 99.1 Å². The average molecular weight is 396 g/mol. The van der Waals surface area contributed by atoms with Gasteiger partial charge < -0.3 is 15.3 Å². The van der Waals surface area contributed by atoms with Crippen molar-refractivity contribution in [1.29, 1.82) is 0 Å². The first-order valence-corrected chi connectivity index (χ1v) is 9.18. The minimum absolute atomic E-state index is 0.108. The van der Waals surface area contributed by atoms with Crippen LogP contribution in [0.3, 0.4) is 0 Å². The molecule has 0 unspecified atom stereocenters. The third-order valence-corrected chi connectivity index (χ3v) is 5.41. The van der Waals surface area contributed by atoms with Gasteiger partial charge in [0.25, 0.3) is 10.0 Å². The Balaban J connectivity index is 3.52. The monoisotopic (exact) mass is 395 g/mol. The lowest BCUT2D eigenvalue weighted by Crippen LogP contribution is -2.24. The highest BCUT2D eigenvalue weighted by atomic mass is 35.5. The van der Waals surface area contributed by atoms with E-state index in [1.54, 1.807) is 21.0 Å². The summed E-state index contributed by atoms with van der Waals surface area (Å²) in [4.78, 5) is 12.4. The highest BCUT2D eigenvalue weighted by Crippen LogP contribution is 2.39. The molecule has 10 heteroatoms. The molecule has 0 aliphatic heterocycles. The zero-order valence-electron chi connectivity index (χ0n) is 13.7. The number of nitrogens with one attached hydrogen (secondary N) is 1. The predicted octanol–water partition coefficient (Wildman–Crippen LogP) is 1.80. The van der Waals surface area contributed by atoms with E-state index < -0.39 is 21.7 Å². The molecule has 2 N–H and O–H groups in total. The molecule has 0 aromatic heterocycles. The summed E-state index contributed by atoms with van der Waals surface area (Å²) in [7, 11) is -0.944. The van der Waals surface area contributed by atoms with Crippen molar-refractivity contribution in [2.75, 3.05) is 20.0 Å². The van der Waals surface area contributed by atoms with Gasteiger partial charge in [0.1, 0.15) is 22.9 Å². The second-order valence-corrected chi connectivity index (χ2v) is 7.50. The predicted molar refractivity (Wildman–Crippen MR) is 94.5 cm³/mol. The van der Waals surface area contributed by atoms with Crippen LogP contribution in [0.5, 0.6) is 5.75 Å². The third-order valence-electron chi connectivity index (χ3n) is 3.21. The molecule has 1 rings (SSSR count). The molecule has 1 aromatic rings. The molecule has 1 amide bonds. The quantitative estimate of drug-likeness (QED) is 0.434. The highest BCUT2D eigenvalue weighted by molar-refractivity contribution is 7.90. The Morgan fingerprint density at radius 1 is 1.33 bits per heavy atom. The van der Waals surface area contributed by atoms with Crippen molar-refractivity contribution in [2.24, 2.45) is 4.40 Å². The molecule has 0 aliphatic rings. The number of carbonyl (C=O) groups is 1. The van der Waals surface area contributed by atoms with Gasteiger partial charge in [-0.15, -0.1) is 16.0 Å². The van der Waals surface area contributed by atoms with Gasteiger partial charge in [-0.1, -0.05) is 11.6 Å². The molecule has 134 valence electrons. The number of amides is 1. The Hall–Kier alpha value is -1.51. The molecule has 1 aromatic carbocycles. The molecule has 0 radical (unpaired) electrons. The van der Waals surface area contributed by atoms with Gasteiger partial charge in [0.15, 0.2) is 0 Å². The number of alkyl halides is 1. The van der Waals surface area contributed by atoms with Crippen molar-refractivity contribution in [2.45, 2.75) is 25.3 Å². The van der Waals surface area contributed by atoms with Crippen LogP contribution in [0.1, 0.15) is 16.7 Å².